The van der Waals surface area contributed by atoms with Crippen molar-refractivity contribution in [2.24, 2.45) is 0 Å². The number of para-hydroxylation sites is 2. The number of benzene rings is 7. The number of hydrogen-bond acceptors (Lipinski definition) is 1. The third-order valence-corrected chi connectivity index (χ3v) is 9.33. The molecule has 2 heteroatoms. The molecular weight excluding hydrogens is 569 g/mol. The first-order chi connectivity index (χ1) is 23.3. The average Bonchev–Trinajstić information content (AvgIpc) is 3.49. The van der Waals surface area contributed by atoms with Gasteiger partial charge in [-0.25, -0.2) is 0 Å². The summed E-state index contributed by atoms with van der Waals surface area (Å²) in [4.78, 5) is 4.16. The van der Waals surface area contributed by atoms with Crippen LogP contribution in [0.5, 0.6) is 0 Å². The molecule has 2 aromatic heterocycles. The van der Waals surface area contributed by atoms with E-state index in [0.29, 0.717) is 0 Å². The highest BCUT2D eigenvalue weighted by molar-refractivity contribution is 6.11. The Morgan fingerprint density at radius 1 is 0.362 bits per heavy atom. The second kappa shape index (κ2) is 11.3. The Morgan fingerprint density at radius 3 is 1.57 bits per heavy atom. The van der Waals surface area contributed by atoms with Crippen molar-refractivity contribution in [3.05, 3.63) is 182 Å². The molecule has 0 bridgehead atoms. The van der Waals surface area contributed by atoms with E-state index in [1.165, 1.54) is 82.8 Å². The van der Waals surface area contributed by atoms with Gasteiger partial charge in [-0.3, -0.25) is 4.98 Å². The molecule has 0 fully saturated rings. The topological polar surface area (TPSA) is 17.8 Å². The van der Waals surface area contributed by atoms with Gasteiger partial charge in [-0.05, 0) is 97.7 Å². The van der Waals surface area contributed by atoms with Crippen LogP contribution in [-0.4, -0.2) is 9.55 Å². The van der Waals surface area contributed by atoms with Gasteiger partial charge in [0.05, 0.1) is 11.0 Å². The lowest BCUT2D eigenvalue weighted by Crippen LogP contribution is -1.92. The summed E-state index contributed by atoms with van der Waals surface area (Å²) in [6, 6.07) is 61.4. The first-order valence-electron chi connectivity index (χ1n) is 16.0. The maximum atomic E-state index is 4.16. The number of hydrogen-bond donors (Lipinski definition) is 0. The van der Waals surface area contributed by atoms with Gasteiger partial charge in [-0.15, -0.1) is 0 Å². The molecule has 0 radical (unpaired) electrons. The lowest BCUT2D eigenvalue weighted by molar-refractivity contribution is 1.18. The molecule has 0 N–H and O–H groups in total. The molecular formula is C45H30N2. The van der Waals surface area contributed by atoms with Gasteiger partial charge in [0.1, 0.15) is 0 Å². The molecule has 0 spiro atoms. The van der Waals surface area contributed by atoms with Gasteiger partial charge < -0.3 is 4.57 Å². The molecule has 47 heavy (non-hydrogen) atoms. The Hall–Kier alpha value is -6.25. The summed E-state index contributed by atoms with van der Waals surface area (Å²) in [5.74, 6) is 0. The normalized spacial score (nSPS) is 11.4. The molecule has 0 amide bonds. The van der Waals surface area contributed by atoms with Crippen molar-refractivity contribution >= 4 is 32.6 Å². The van der Waals surface area contributed by atoms with Crippen LogP contribution in [-0.2, 0) is 0 Å². The number of nitrogens with zero attached hydrogens (tertiary/aromatic N) is 2. The van der Waals surface area contributed by atoms with Gasteiger partial charge in [0.15, 0.2) is 0 Å². The maximum Gasteiger partial charge on any atom is 0.0541 e. The summed E-state index contributed by atoms with van der Waals surface area (Å²) >= 11 is 0. The quantitative estimate of drug-likeness (QED) is 0.193. The van der Waals surface area contributed by atoms with Crippen LogP contribution in [0.3, 0.4) is 0 Å². The lowest BCUT2D eigenvalue weighted by atomic mass is 9.90. The Bertz CT molecular complexity index is 2520. The van der Waals surface area contributed by atoms with E-state index in [2.05, 4.69) is 179 Å². The van der Waals surface area contributed by atoms with Crippen molar-refractivity contribution in [1.82, 2.24) is 9.55 Å². The van der Waals surface area contributed by atoms with Crippen LogP contribution in [0.15, 0.2) is 182 Å². The van der Waals surface area contributed by atoms with Gasteiger partial charge in [0.25, 0.3) is 0 Å². The van der Waals surface area contributed by atoms with Crippen molar-refractivity contribution in [1.29, 1.82) is 0 Å². The Kier molecular flexibility index (Phi) is 6.50. The highest BCUT2D eigenvalue weighted by Gasteiger charge is 2.14. The minimum absolute atomic E-state index is 1.17. The van der Waals surface area contributed by atoms with Crippen molar-refractivity contribution in [2.75, 3.05) is 0 Å². The van der Waals surface area contributed by atoms with E-state index in [9.17, 15) is 0 Å². The van der Waals surface area contributed by atoms with Crippen molar-refractivity contribution in [3.8, 4) is 50.2 Å². The Labute approximate surface area is 273 Å². The first kappa shape index (κ1) is 27.1. The number of aromatic nitrogens is 2. The summed E-state index contributed by atoms with van der Waals surface area (Å²) in [7, 11) is 0. The summed E-state index contributed by atoms with van der Waals surface area (Å²) < 4.78 is 2.36. The van der Waals surface area contributed by atoms with E-state index in [4.69, 9.17) is 0 Å². The minimum atomic E-state index is 1.17. The van der Waals surface area contributed by atoms with E-state index >= 15 is 0 Å². The molecule has 0 saturated heterocycles. The summed E-state index contributed by atoms with van der Waals surface area (Å²) in [5, 5.41) is 5.04. The third-order valence-electron chi connectivity index (χ3n) is 9.33. The lowest BCUT2D eigenvalue weighted by Gasteiger charge is -2.14. The van der Waals surface area contributed by atoms with Crippen molar-refractivity contribution in [2.45, 2.75) is 0 Å². The molecule has 0 aliphatic rings. The predicted octanol–water partition coefficient (Wildman–Crippen LogP) is 12.0. The Balaban J connectivity index is 1.11. The first-order valence-corrected chi connectivity index (χ1v) is 16.0. The monoisotopic (exact) mass is 598 g/mol. The van der Waals surface area contributed by atoms with Crippen LogP contribution in [0.25, 0.3) is 82.8 Å². The van der Waals surface area contributed by atoms with Crippen LogP contribution in [0.4, 0.5) is 0 Å². The van der Waals surface area contributed by atoms with Gasteiger partial charge >= 0.3 is 0 Å². The van der Waals surface area contributed by atoms with Gasteiger partial charge in [-0.1, -0.05) is 127 Å². The summed E-state index contributed by atoms with van der Waals surface area (Å²) in [6.45, 7) is 0. The minimum Gasteiger partial charge on any atom is -0.309 e. The van der Waals surface area contributed by atoms with Gasteiger partial charge in [0.2, 0.25) is 0 Å². The van der Waals surface area contributed by atoms with Gasteiger partial charge in [-0.2, -0.15) is 0 Å². The van der Waals surface area contributed by atoms with Gasteiger partial charge in [0, 0.05) is 28.9 Å². The van der Waals surface area contributed by atoms with E-state index < -0.39 is 0 Å². The molecule has 0 aliphatic heterocycles. The highest BCUT2D eigenvalue weighted by Crippen LogP contribution is 2.39. The predicted molar refractivity (Wildman–Crippen MR) is 198 cm³/mol. The second-order valence-electron chi connectivity index (χ2n) is 12.0. The zero-order valence-electron chi connectivity index (χ0n) is 25.7. The molecule has 0 saturated carbocycles. The fraction of sp³-hybridized carbons (Fsp3) is 0. The maximum absolute atomic E-state index is 4.16. The zero-order chi connectivity index (χ0) is 31.2. The molecule has 220 valence electrons. The van der Waals surface area contributed by atoms with E-state index in [-0.39, 0.29) is 0 Å². The van der Waals surface area contributed by atoms with E-state index in [1.807, 2.05) is 12.4 Å². The molecule has 2 heterocycles. The van der Waals surface area contributed by atoms with Crippen LogP contribution >= 0.6 is 0 Å². The number of pyridine rings is 1. The van der Waals surface area contributed by atoms with Crippen LogP contribution < -0.4 is 0 Å². The molecule has 0 unspecified atom stereocenters. The summed E-state index contributed by atoms with van der Waals surface area (Å²) in [6.07, 6.45) is 3.68. The standard InChI is InChI=1S/C45H30N2/c1-2-10-38(11-3-1)47-43-15-5-4-12-41(43)42-30-37(24-25-44(42)47)32-18-22-35(23-19-32)40-14-7-9-36-8-6-13-39(45(36)40)34-20-16-31(17-21-34)33-26-28-46-29-27-33/h1-30H. The number of fused-ring (bicyclic) bond motifs is 4. The fourth-order valence-corrected chi connectivity index (χ4v) is 7.06. The molecule has 0 aliphatic carbocycles. The fourth-order valence-electron chi connectivity index (χ4n) is 7.06. The molecule has 7 aromatic carbocycles. The smallest absolute Gasteiger partial charge is 0.0541 e. The Morgan fingerprint density at radius 2 is 0.894 bits per heavy atom. The van der Waals surface area contributed by atoms with Crippen LogP contribution in [0.1, 0.15) is 0 Å². The molecule has 2 nitrogen and oxygen atoms in total. The molecule has 0 atom stereocenters. The molecule has 9 rings (SSSR count). The van der Waals surface area contributed by atoms with Crippen molar-refractivity contribution in [3.63, 3.8) is 0 Å². The summed E-state index contributed by atoms with van der Waals surface area (Å²) in [5.41, 5.74) is 13.3. The largest absolute Gasteiger partial charge is 0.309 e. The van der Waals surface area contributed by atoms with Crippen LogP contribution in [0, 0.1) is 0 Å². The van der Waals surface area contributed by atoms with E-state index in [1.54, 1.807) is 0 Å². The van der Waals surface area contributed by atoms with Crippen LogP contribution in [0.2, 0.25) is 0 Å². The number of rotatable bonds is 5. The van der Waals surface area contributed by atoms with E-state index in [0.717, 1.165) is 0 Å². The second-order valence-corrected chi connectivity index (χ2v) is 12.0. The highest BCUT2D eigenvalue weighted by atomic mass is 15.0. The zero-order valence-corrected chi connectivity index (χ0v) is 25.7. The van der Waals surface area contributed by atoms with Crippen molar-refractivity contribution < 1.29 is 0 Å². The SMILES string of the molecule is c1ccc(-n2c3ccccc3c3cc(-c4ccc(-c5cccc6cccc(-c7ccc(-c8ccncc8)cc7)c56)cc4)ccc32)cc1. The average molecular weight is 599 g/mol. The third kappa shape index (κ3) is 4.70. The molecule has 9 aromatic rings.